The van der Waals surface area contributed by atoms with Gasteiger partial charge in [-0.15, -0.1) is 0 Å². The highest BCUT2D eigenvalue weighted by Crippen LogP contribution is 2.14. The molecule has 0 saturated carbocycles. The SMILES string of the molecule is CCCCCCCCCCCCCCCCCCCCOC(=O)C(C)NC(=O)c1cc(F)ccc1F. The van der Waals surface area contributed by atoms with Gasteiger partial charge in [0.05, 0.1) is 12.2 Å². The average molecular weight is 510 g/mol. The molecule has 4 nitrogen and oxygen atoms in total. The summed E-state index contributed by atoms with van der Waals surface area (Å²) < 4.78 is 32.1. The van der Waals surface area contributed by atoms with Crippen LogP contribution in [0.3, 0.4) is 0 Å². The third kappa shape index (κ3) is 15.9. The summed E-state index contributed by atoms with van der Waals surface area (Å²) in [4.78, 5) is 24.1. The topological polar surface area (TPSA) is 55.4 Å². The van der Waals surface area contributed by atoms with Crippen LogP contribution in [-0.2, 0) is 9.53 Å². The Morgan fingerprint density at radius 3 is 1.67 bits per heavy atom. The van der Waals surface area contributed by atoms with Crippen LogP contribution in [0.4, 0.5) is 8.78 Å². The summed E-state index contributed by atoms with van der Waals surface area (Å²) in [6, 6.07) is 1.69. The third-order valence-corrected chi connectivity index (χ3v) is 6.62. The number of rotatable bonds is 22. The fourth-order valence-corrected chi connectivity index (χ4v) is 4.31. The van der Waals surface area contributed by atoms with Crippen molar-refractivity contribution in [3.63, 3.8) is 0 Å². The van der Waals surface area contributed by atoms with Crippen molar-refractivity contribution < 1.29 is 23.1 Å². The molecule has 0 aliphatic heterocycles. The number of unbranched alkanes of at least 4 members (excludes halogenated alkanes) is 17. The molecular weight excluding hydrogens is 460 g/mol. The molecule has 0 spiro atoms. The number of nitrogens with one attached hydrogen (secondary N) is 1. The predicted octanol–water partition coefficient (Wildman–Crippen LogP) is 8.67. The highest BCUT2D eigenvalue weighted by molar-refractivity contribution is 5.96. The molecule has 6 heteroatoms. The summed E-state index contributed by atoms with van der Waals surface area (Å²) in [5, 5.41) is 2.35. The maximum Gasteiger partial charge on any atom is 0.328 e. The summed E-state index contributed by atoms with van der Waals surface area (Å²) >= 11 is 0. The molecule has 0 aliphatic carbocycles. The first-order chi connectivity index (χ1) is 17.5. The van der Waals surface area contributed by atoms with Gasteiger partial charge in [0.1, 0.15) is 17.7 Å². The van der Waals surface area contributed by atoms with Gasteiger partial charge in [-0.25, -0.2) is 13.6 Å². The van der Waals surface area contributed by atoms with E-state index in [0.717, 1.165) is 37.5 Å². The van der Waals surface area contributed by atoms with Crippen molar-refractivity contribution in [1.29, 1.82) is 0 Å². The molecule has 0 aliphatic rings. The Bertz CT molecular complexity index is 726. The van der Waals surface area contributed by atoms with Gasteiger partial charge in [-0.05, 0) is 31.5 Å². The largest absolute Gasteiger partial charge is 0.464 e. The summed E-state index contributed by atoms with van der Waals surface area (Å²) in [6.07, 6.45) is 23.3. The standard InChI is InChI=1S/C30H49F2NO3/c1-3-4-5-6-7-8-9-10-11-12-13-14-15-16-17-18-19-20-23-36-30(35)25(2)33-29(34)27-24-26(31)21-22-28(27)32/h21-22,24-25H,3-20,23H2,1-2H3,(H,33,34). The number of esters is 1. The van der Waals surface area contributed by atoms with Gasteiger partial charge in [0.15, 0.2) is 0 Å². The Morgan fingerprint density at radius 2 is 1.19 bits per heavy atom. The minimum absolute atomic E-state index is 0.298. The maximum absolute atomic E-state index is 13.7. The van der Waals surface area contributed by atoms with Crippen molar-refractivity contribution in [3.8, 4) is 0 Å². The zero-order valence-corrected chi connectivity index (χ0v) is 22.7. The number of ether oxygens (including phenoxy) is 1. The third-order valence-electron chi connectivity index (χ3n) is 6.62. The van der Waals surface area contributed by atoms with E-state index < -0.39 is 35.1 Å². The first-order valence-electron chi connectivity index (χ1n) is 14.4. The molecule has 1 aromatic carbocycles. The van der Waals surface area contributed by atoms with Gasteiger partial charge in [0.25, 0.3) is 5.91 Å². The van der Waals surface area contributed by atoms with Crippen molar-refractivity contribution in [2.24, 2.45) is 0 Å². The first kappa shape index (κ1) is 32.0. The van der Waals surface area contributed by atoms with Crippen molar-refractivity contribution in [2.45, 2.75) is 135 Å². The molecule has 0 bridgehead atoms. The fraction of sp³-hybridized carbons (Fsp3) is 0.733. The molecule has 0 radical (unpaired) electrons. The second kappa shape index (κ2) is 21.1. The van der Waals surface area contributed by atoms with Gasteiger partial charge in [-0.1, -0.05) is 116 Å². The summed E-state index contributed by atoms with van der Waals surface area (Å²) in [7, 11) is 0. The van der Waals surface area contributed by atoms with Crippen molar-refractivity contribution in [2.75, 3.05) is 6.61 Å². The Labute approximate surface area is 218 Å². The molecular formula is C30H49F2NO3. The second-order valence-corrected chi connectivity index (χ2v) is 10.00. The van der Waals surface area contributed by atoms with Crippen LogP contribution in [-0.4, -0.2) is 24.5 Å². The van der Waals surface area contributed by atoms with Crippen LogP contribution in [0.2, 0.25) is 0 Å². The number of amides is 1. The summed E-state index contributed by atoms with van der Waals surface area (Å²) in [5.41, 5.74) is -0.432. The van der Waals surface area contributed by atoms with E-state index >= 15 is 0 Å². The van der Waals surface area contributed by atoms with E-state index in [1.807, 2.05) is 0 Å². The van der Waals surface area contributed by atoms with Gasteiger partial charge < -0.3 is 10.1 Å². The van der Waals surface area contributed by atoms with Crippen LogP contribution in [0.15, 0.2) is 18.2 Å². The van der Waals surface area contributed by atoms with Crippen LogP contribution in [0.25, 0.3) is 0 Å². The van der Waals surface area contributed by atoms with E-state index in [1.54, 1.807) is 0 Å². The number of hydrogen-bond acceptors (Lipinski definition) is 3. The van der Waals surface area contributed by atoms with Gasteiger partial charge in [0, 0.05) is 0 Å². The van der Waals surface area contributed by atoms with Gasteiger partial charge in [-0.2, -0.15) is 0 Å². The highest BCUT2D eigenvalue weighted by atomic mass is 19.1. The Hall–Kier alpha value is -1.98. The van der Waals surface area contributed by atoms with Gasteiger partial charge in [0.2, 0.25) is 0 Å². The Morgan fingerprint density at radius 1 is 0.750 bits per heavy atom. The fourth-order valence-electron chi connectivity index (χ4n) is 4.31. The minimum Gasteiger partial charge on any atom is -0.464 e. The Kier molecular flexibility index (Phi) is 18.8. The van der Waals surface area contributed by atoms with E-state index in [9.17, 15) is 18.4 Å². The summed E-state index contributed by atoms with van der Waals surface area (Å²) in [6.45, 7) is 4.03. The van der Waals surface area contributed by atoms with Gasteiger partial charge in [-0.3, -0.25) is 4.79 Å². The number of hydrogen-bond donors (Lipinski definition) is 1. The molecule has 1 atom stereocenters. The van der Waals surface area contributed by atoms with E-state index in [1.165, 1.54) is 103 Å². The molecule has 36 heavy (non-hydrogen) atoms. The second-order valence-electron chi connectivity index (χ2n) is 10.00. The van der Waals surface area contributed by atoms with E-state index in [-0.39, 0.29) is 0 Å². The lowest BCUT2D eigenvalue weighted by Crippen LogP contribution is -2.40. The molecule has 1 aromatic rings. The molecule has 1 amide bonds. The molecule has 0 heterocycles. The van der Waals surface area contributed by atoms with Crippen LogP contribution >= 0.6 is 0 Å². The Balaban J connectivity index is 1.90. The lowest BCUT2D eigenvalue weighted by molar-refractivity contribution is -0.145. The molecule has 1 unspecified atom stereocenters. The molecule has 0 aromatic heterocycles. The zero-order chi connectivity index (χ0) is 26.4. The van der Waals surface area contributed by atoms with Crippen LogP contribution in [0.5, 0.6) is 0 Å². The number of benzene rings is 1. The smallest absolute Gasteiger partial charge is 0.328 e. The highest BCUT2D eigenvalue weighted by Gasteiger charge is 2.20. The van der Waals surface area contributed by atoms with Crippen molar-refractivity contribution >= 4 is 11.9 Å². The normalized spacial score (nSPS) is 11.9. The van der Waals surface area contributed by atoms with Crippen LogP contribution in [0.1, 0.15) is 140 Å². The minimum atomic E-state index is -0.935. The van der Waals surface area contributed by atoms with Crippen molar-refractivity contribution in [3.05, 3.63) is 35.4 Å². The molecule has 1 rings (SSSR count). The first-order valence-corrected chi connectivity index (χ1v) is 14.4. The summed E-state index contributed by atoms with van der Waals surface area (Å²) in [5.74, 6) is -2.98. The molecule has 0 fully saturated rings. The lowest BCUT2D eigenvalue weighted by Gasteiger charge is -2.14. The van der Waals surface area contributed by atoms with Gasteiger partial charge >= 0.3 is 5.97 Å². The monoisotopic (exact) mass is 509 g/mol. The van der Waals surface area contributed by atoms with E-state index in [4.69, 9.17) is 4.74 Å². The average Bonchev–Trinajstić information content (AvgIpc) is 2.86. The number of halogens is 2. The van der Waals surface area contributed by atoms with E-state index in [2.05, 4.69) is 12.2 Å². The predicted molar refractivity (Wildman–Crippen MR) is 143 cm³/mol. The van der Waals surface area contributed by atoms with Crippen LogP contribution in [0, 0.1) is 11.6 Å². The molecule has 0 saturated heterocycles. The quantitative estimate of drug-likeness (QED) is 0.126. The lowest BCUT2D eigenvalue weighted by atomic mass is 10.0. The number of carbonyl (C=O) groups is 2. The van der Waals surface area contributed by atoms with Crippen LogP contribution < -0.4 is 5.32 Å². The van der Waals surface area contributed by atoms with E-state index in [0.29, 0.717) is 6.61 Å². The van der Waals surface area contributed by atoms with Crippen molar-refractivity contribution in [1.82, 2.24) is 5.32 Å². The number of carbonyl (C=O) groups excluding carboxylic acids is 2. The molecule has 206 valence electrons. The maximum atomic E-state index is 13.7. The molecule has 1 N–H and O–H groups in total. The zero-order valence-electron chi connectivity index (χ0n) is 22.7.